The molecule has 0 saturated heterocycles. The topological polar surface area (TPSA) is 4.93 Å². The van der Waals surface area contributed by atoms with E-state index in [0.717, 1.165) is 0 Å². The molecule has 0 radical (unpaired) electrons. The van der Waals surface area contributed by atoms with Gasteiger partial charge in [0.05, 0.1) is 0 Å². The van der Waals surface area contributed by atoms with E-state index in [9.17, 15) is 0 Å². The van der Waals surface area contributed by atoms with Crippen LogP contribution in [0, 0.1) is 6.92 Å². The van der Waals surface area contributed by atoms with Crippen LogP contribution < -0.4 is 0 Å². The molecule has 0 amide bonds. The largest absolute Gasteiger partial charge is 0.292 e. The van der Waals surface area contributed by atoms with E-state index in [1.54, 1.807) is 0 Å². The standard InChI is InChI=1S/C15H11NS2/c1-10-9-13-12-7-8-17-14(12)16(15(13)18-10)11-5-3-2-4-6-11/h2-9H,1H3. The molecule has 0 aliphatic carbocycles. The first-order chi connectivity index (χ1) is 8.84. The van der Waals surface area contributed by atoms with Gasteiger partial charge in [-0.1, -0.05) is 18.2 Å². The predicted octanol–water partition coefficient (Wildman–Crippen LogP) is 5.22. The molecule has 0 N–H and O–H groups in total. The first-order valence-electron chi connectivity index (χ1n) is 5.88. The van der Waals surface area contributed by atoms with Gasteiger partial charge in [-0.15, -0.1) is 22.7 Å². The van der Waals surface area contributed by atoms with Crippen LogP contribution in [-0.4, -0.2) is 4.57 Å². The predicted molar refractivity (Wildman–Crippen MR) is 81.3 cm³/mol. The first-order valence-corrected chi connectivity index (χ1v) is 7.58. The van der Waals surface area contributed by atoms with Gasteiger partial charge in [-0.25, -0.2) is 0 Å². The van der Waals surface area contributed by atoms with E-state index in [4.69, 9.17) is 0 Å². The summed E-state index contributed by atoms with van der Waals surface area (Å²) in [6, 6.07) is 15.1. The van der Waals surface area contributed by atoms with Crippen molar-refractivity contribution in [1.82, 2.24) is 4.57 Å². The maximum atomic E-state index is 2.38. The lowest BCUT2D eigenvalue weighted by atomic mass is 10.3. The number of aromatic nitrogens is 1. The maximum absolute atomic E-state index is 2.38. The summed E-state index contributed by atoms with van der Waals surface area (Å²) in [5.41, 5.74) is 1.25. The van der Waals surface area contributed by atoms with Crippen LogP contribution in [0.15, 0.2) is 47.8 Å². The Labute approximate surface area is 113 Å². The summed E-state index contributed by atoms with van der Waals surface area (Å²) in [4.78, 5) is 4.08. The maximum Gasteiger partial charge on any atom is 0.109 e. The van der Waals surface area contributed by atoms with Gasteiger partial charge in [0.15, 0.2) is 0 Å². The van der Waals surface area contributed by atoms with Crippen LogP contribution in [0.5, 0.6) is 0 Å². The fourth-order valence-electron chi connectivity index (χ4n) is 2.44. The zero-order valence-corrected chi connectivity index (χ0v) is 11.5. The third-order valence-electron chi connectivity index (χ3n) is 3.19. The Morgan fingerprint density at radius 2 is 1.78 bits per heavy atom. The lowest BCUT2D eigenvalue weighted by Gasteiger charge is -2.04. The third kappa shape index (κ3) is 1.32. The fraction of sp³-hybridized carbons (Fsp3) is 0.0667. The second-order valence-corrected chi connectivity index (χ2v) is 6.52. The molecule has 0 fully saturated rings. The van der Waals surface area contributed by atoms with Gasteiger partial charge in [0.2, 0.25) is 0 Å². The summed E-state index contributed by atoms with van der Waals surface area (Å²) < 4.78 is 2.38. The zero-order valence-electron chi connectivity index (χ0n) is 9.88. The molecule has 0 bridgehead atoms. The Morgan fingerprint density at radius 3 is 2.61 bits per heavy atom. The summed E-state index contributed by atoms with van der Waals surface area (Å²) >= 11 is 3.69. The molecule has 3 heteroatoms. The van der Waals surface area contributed by atoms with Gasteiger partial charge in [0, 0.05) is 21.3 Å². The van der Waals surface area contributed by atoms with Crippen LogP contribution in [-0.2, 0) is 0 Å². The van der Waals surface area contributed by atoms with Gasteiger partial charge in [-0.2, -0.15) is 0 Å². The summed E-state index contributed by atoms with van der Waals surface area (Å²) in [6.07, 6.45) is 0. The van der Waals surface area contributed by atoms with Crippen molar-refractivity contribution < 1.29 is 0 Å². The Balaban J connectivity index is 2.21. The fourth-order valence-corrected chi connectivity index (χ4v) is 4.49. The van der Waals surface area contributed by atoms with Crippen molar-refractivity contribution in [2.24, 2.45) is 0 Å². The van der Waals surface area contributed by atoms with Crippen molar-refractivity contribution in [3.63, 3.8) is 0 Å². The lowest BCUT2D eigenvalue weighted by molar-refractivity contribution is 1.21. The van der Waals surface area contributed by atoms with Gasteiger partial charge < -0.3 is 0 Å². The molecule has 0 aliphatic heterocycles. The van der Waals surface area contributed by atoms with Crippen LogP contribution in [0.4, 0.5) is 0 Å². The number of fused-ring (bicyclic) bond motifs is 3. The van der Waals surface area contributed by atoms with Crippen LogP contribution in [0.1, 0.15) is 4.88 Å². The van der Waals surface area contributed by atoms with Crippen molar-refractivity contribution in [1.29, 1.82) is 0 Å². The second-order valence-electron chi connectivity index (χ2n) is 4.39. The molecule has 88 valence electrons. The monoisotopic (exact) mass is 269 g/mol. The van der Waals surface area contributed by atoms with Crippen LogP contribution in [0.2, 0.25) is 0 Å². The number of thiophene rings is 2. The smallest absolute Gasteiger partial charge is 0.109 e. The van der Waals surface area contributed by atoms with Crippen molar-refractivity contribution in [3.05, 3.63) is 52.7 Å². The molecule has 0 aliphatic rings. The minimum absolute atomic E-state index is 1.25. The molecule has 0 saturated carbocycles. The first kappa shape index (κ1) is 10.4. The Morgan fingerprint density at radius 1 is 0.944 bits per heavy atom. The SMILES string of the molecule is Cc1cc2c3ccsc3n(-c3ccccc3)c2s1. The average Bonchev–Trinajstić information content (AvgIpc) is 3.02. The normalized spacial score (nSPS) is 11.6. The third-order valence-corrected chi connectivity index (χ3v) is 5.12. The molecule has 3 aromatic heterocycles. The van der Waals surface area contributed by atoms with E-state index < -0.39 is 0 Å². The number of rotatable bonds is 1. The van der Waals surface area contributed by atoms with E-state index in [1.165, 1.54) is 31.0 Å². The molecule has 1 nitrogen and oxygen atoms in total. The lowest BCUT2D eigenvalue weighted by Crippen LogP contribution is -1.89. The van der Waals surface area contributed by atoms with Crippen molar-refractivity contribution in [3.8, 4) is 5.69 Å². The molecular weight excluding hydrogens is 258 g/mol. The summed E-state index contributed by atoms with van der Waals surface area (Å²) in [6.45, 7) is 2.18. The number of nitrogens with zero attached hydrogens (tertiary/aromatic N) is 1. The quantitative estimate of drug-likeness (QED) is 0.447. The molecular formula is C15H11NS2. The van der Waals surface area contributed by atoms with Gasteiger partial charge in [-0.3, -0.25) is 4.57 Å². The van der Waals surface area contributed by atoms with Gasteiger partial charge >= 0.3 is 0 Å². The van der Waals surface area contributed by atoms with E-state index in [1.807, 2.05) is 22.7 Å². The second kappa shape index (κ2) is 3.70. The molecule has 1 aromatic carbocycles. The Bertz CT molecular complexity index is 833. The molecule has 0 spiro atoms. The van der Waals surface area contributed by atoms with Crippen LogP contribution >= 0.6 is 22.7 Å². The number of hydrogen-bond acceptors (Lipinski definition) is 2. The van der Waals surface area contributed by atoms with E-state index in [0.29, 0.717) is 0 Å². The van der Waals surface area contributed by atoms with Gasteiger partial charge in [-0.05, 0) is 36.6 Å². The number of para-hydroxylation sites is 1. The Kier molecular flexibility index (Phi) is 2.13. The number of aryl methyl sites for hydroxylation is 1. The van der Waals surface area contributed by atoms with E-state index >= 15 is 0 Å². The minimum atomic E-state index is 1.25. The highest BCUT2D eigenvalue weighted by Gasteiger charge is 2.14. The Hall–Kier alpha value is -1.58. The van der Waals surface area contributed by atoms with Crippen LogP contribution in [0.3, 0.4) is 0 Å². The van der Waals surface area contributed by atoms with E-state index in [2.05, 4.69) is 59.3 Å². The van der Waals surface area contributed by atoms with Crippen molar-refractivity contribution >= 4 is 43.1 Å². The number of benzene rings is 1. The summed E-state index contributed by atoms with van der Waals surface area (Å²) in [5.74, 6) is 0. The summed E-state index contributed by atoms with van der Waals surface area (Å²) in [7, 11) is 0. The van der Waals surface area contributed by atoms with Crippen molar-refractivity contribution in [2.45, 2.75) is 6.92 Å². The molecule has 3 heterocycles. The molecule has 4 aromatic rings. The highest BCUT2D eigenvalue weighted by Crippen LogP contribution is 2.39. The van der Waals surface area contributed by atoms with Gasteiger partial charge in [0.25, 0.3) is 0 Å². The van der Waals surface area contributed by atoms with Crippen molar-refractivity contribution in [2.75, 3.05) is 0 Å². The van der Waals surface area contributed by atoms with E-state index in [-0.39, 0.29) is 0 Å². The average molecular weight is 269 g/mol. The number of hydrogen-bond donors (Lipinski definition) is 0. The highest BCUT2D eigenvalue weighted by atomic mass is 32.1. The molecule has 0 unspecified atom stereocenters. The molecule has 4 rings (SSSR count). The molecule has 18 heavy (non-hydrogen) atoms. The zero-order chi connectivity index (χ0) is 12.1. The summed E-state index contributed by atoms with van der Waals surface area (Å²) in [5, 5.41) is 4.94. The molecule has 0 atom stereocenters. The minimum Gasteiger partial charge on any atom is -0.292 e. The van der Waals surface area contributed by atoms with Crippen LogP contribution in [0.25, 0.3) is 26.1 Å². The highest BCUT2D eigenvalue weighted by molar-refractivity contribution is 7.20. The van der Waals surface area contributed by atoms with Gasteiger partial charge in [0.1, 0.15) is 9.66 Å².